The van der Waals surface area contributed by atoms with Gasteiger partial charge in [0.25, 0.3) is 0 Å². The fourth-order valence-corrected chi connectivity index (χ4v) is 7.42. The number of rotatable bonds is 24. The van der Waals surface area contributed by atoms with E-state index in [1.165, 1.54) is 0 Å². The van der Waals surface area contributed by atoms with Crippen molar-refractivity contribution in [2.75, 3.05) is 87.8 Å². The minimum absolute atomic E-state index is 0.213. The van der Waals surface area contributed by atoms with Gasteiger partial charge in [0.05, 0.1) is 26.4 Å². The molecule has 0 rings (SSSR count). The standard InChI is InChI=1S/C15H33NO7Si.C10H20O5Si/c1-5-21-24(22-6-2,23-7-3)14-8-9-16-15(17)20-13-12-19-11-10-18-4;1-9(2)10(11)15-7-6-8-16(12-3,13-4)14-5/h5-14H2,1-4H3,(H,16,17);1,6-8H2,2-5H3. The van der Waals surface area contributed by atoms with Gasteiger partial charge in [-0.1, -0.05) is 6.58 Å². The molecule has 0 saturated carbocycles. The van der Waals surface area contributed by atoms with Crippen LogP contribution in [0.25, 0.3) is 0 Å². The monoisotopic (exact) mass is 615 g/mol. The van der Waals surface area contributed by atoms with Gasteiger partial charge < -0.3 is 50.8 Å². The first-order valence-corrected chi connectivity index (χ1v) is 17.4. The fourth-order valence-electron chi connectivity index (χ4n) is 3.12. The molecular formula is C25H53NO12Si2. The summed E-state index contributed by atoms with van der Waals surface area (Å²) >= 11 is 0. The topological polar surface area (TPSA) is 138 Å². The molecule has 13 nitrogen and oxygen atoms in total. The van der Waals surface area contributed by atoms with Gasteiger partial charge >= 0.3 is 29.7 Å². The molecular weight excluding hydrogens is 562 g/mol. The minimum Gasteiger partial charge on any atom is -0.462 e. The van der Waals surface area contributed by atoms with Crippen LogP contribution < -0.4 is 5.32 Å². The first-order valence-electron chi connectivity index (χ1n) is 13.5. The third-order valence-electron chi connectivity index (χ3n) is 5.06. The van der Waals surface area contributed by atoms with Crippen molar-refractivity contribution in [1.29, 1.82) is 0 Å². The predicted octanol–water partition coefficient (Wildman–Crippen LogP) is 3.19. The molecule has 0 saturated heterocycles. The van der Waals surface area contributed by atoms with Crippen LogP contribution in [0.2, 0.25) is 12.1 Å². The van der Waals surface area contributed by atoms with Crippen molar-refractivity contribution in [2.45, 2.75) is 52.6 Å². The molecule has 0 aromatic heterocycles. The molecule has 0 heterocycles. The largest absolute Gasteiger partial charge is 0.500 e. The lowest BCUT2D eigenvalue weighted by molar-refractivity contribution is -0.139. The quantitative estimate of drug-likeness (QED) is 0.0738. The van der Waals surface area contributed by atoms with Crippen molar-refractivity contribution in [3.63, 3.8) is 0 Å². The number of carbonyl (C=O) groups is 2. The molecule has 0 aromatic carbocycles. The summed E-state index contributed by atoms with van der Waals surface area (Å²) in [6, 6.07) is 1.27. The van der Waals surface area contributed by atoms with Crippen LogP contribution in [0.15, 0.2) is 12.2 Å². The van der Waals surface area contributed by atoms with E-state index in [-0.39, 0.29) is 12.6 Å². The Labute approximate surface area is 242 Å². The van der Waals surface area contributed by atoms with Crippen LogP contribution >= 0.6 is 0 Å². The minimum atomic E-state index is -2.64. The van der Waals surface area contributed by atoms with Crippen LogP contribution in [0, 0.1) is 0 Å². The summed E-state index contributed by atoms with van der Waals surface area (Å²) < 4.78 is 52.9. The molecule has 238 valence electrons. The maximum absolute atomic E-state index is 11.5. The van der Waals surface area contributed by atoms with Crippen molar-refractivity contribution in [1.82, 2.24) is 5.32 Å². The number of esters is 1. The van der Waals surface area contributed by atoms with E-state index in [0.29, 0.717) is 83.3 Å². The Morgan fingerprint density at radius 3 is 1.70 bits per heavy atom. The Kier molecular flexibility index (Phi) is 27.0. The third kappa shape index (κ3) is 20.5. The molecule has 0 fully saturated rings. The Bertz CT molecular complexity index is 628. The van der Waals surface area contributed by atoms with Crippen molar-refractivity contribution < 1.29 is 55.1 Å². The summed E-state index contributed by atoms with van der Waals surface area (Å²) in [6.07, 6.45) is 0.883. The van der Waals surface area contributed by atoms with E-state index >= 15 is 0 Å². The van der Waals surface area contributed by atoms with Gasteiger partial charge in [-0.05, 0) is 40.5 Å². The molecule has 0 spiro atoms. The highest BCUT2D eigenvalue weighted by atomic mass is 28.4. The molecule has 0 radical (unpaired) electrons. The number of methoxy groups -OCH3 is 1. The molecule has 0 unspecified atom stereocenters. The molecule has 0 aromatic rings. The molecule has 0 bridgehead atoms. The SMILES string of the molecule is C=C(C)C(=O)OCCC[Si](OC)(OC)OC.CCO[Si](CCCNC(=O)OCCOCCOC)(OCC)OCC. The lowest BCUT2D eigenvalue weighted by atomic mass is 10.4. The summed E-state index contributed by atoms with van der Waals surface area (Å²) in [6.45, 7) is 14.9. The van der Waals surface area contributed by atoms with Crippen LogP contribution in [0.4, 0.5) is 4.79 Å². The van der Waals surface area contributed by atoms with Gasteiger partial charge in [0.1, 0.15) is 6.61 Å². The van der Waals surface area contributed by atoms with Crippen LogP contribution in [0.3, 0.4) is 0 Å². The molecule has 1 amide bonds. The molecule has 1 N–H and O–H groups in total. The van der Waals surface area contributed by atoms with Crippen LogP contribution in [0.5, 0.6) is 0 Å². The summed E-state index contributed by atoms with van der Waals surface area (Å²) in [5, 5.41) is 2.70. The summed E-state index contributed by atoms with van der Waals surface area (Å²) in [5.74, 6) is -0.375. The normalized spacial score (nSPS) is 11.4. The maximum Gasteiger partial charge on any atom is 0.500 e. The zero-order chi connectivity index (χ0) is 30.7. The van der Waals surface area contributed by atoms with E-state index < -0.39 is 23.7 Å². The summed E-state index contributed by atoms with van der Waals surface area (Å²) in [4.78, 5) is 22.6. The number of ether oxygens (including phenoxy) is 4. The van der Waals surface area contributed by atoms with E-state index in [2.05, 4.69) is 11.9 Å². The average molecular weight is 616 g/mol. The van der Waals surface area contributed by atoms with Gasteiger partial charge in [0.15, 0.2) is 0 Å². The van der Waals surface area contributed by atoms with Gasteiger partial charge in [-0.15, -0.1) is 0 Å². The third-order valence-corrected chi connectivity index (χ3v) is 11.0. The number of carbonyl (C=O) groups excluding carboxylic acids is 2. The first-order chi connectivity index (χ1) is 19.1. The second-order valence-corrected chi connectivity index (χ2v) is 13.9. The second-order valence-electron chi connectivity index (χ2n) is 8.07. The van der Waals surface area contributed by atoms with E-state index in [4.69, 9.17) is 45.5 Å². The lowest BCUT2D eigenvalue weighted by Crippen LogP contribution is -2.46. The molecule has 0 aliphatic rings. The Morgan fingerprint density at radius 2 is 1.23 bits per heavy atom. The maximum atomic E-state index is 11.5. The molecule has 0 atom stereocenters. The zero-order valence-corrected chi connectivity index (χ0v) is 27.8. The number of alkyl carbamates (subject to hydrolysis) is 1. The van der Waals surface area contributed by atoms with E-state index in [1.807, 2.05) is 20.8 Å². The zero-order valence-electron chi connectivity index (χ0n) is 25.8. The van der Waals surface area contributed by atoms with Crippen LogP contribution in [0.1, 0.15) is 40.5 Å². The van der Waals surface area contributed by atoms with Gasteiger partial charge in [0, 0.05) is 72.5 Å². The fraction of sp³-hybridized carbons (Fsp3) is 0.840. The van der Waals surface area contributed by atoms with Gasteiger partial charge in [-0.2, -0.15) is 0 Å². The van der Waals surface area contributed by atoms with Crippen LogP contribution in [-0.4, -0.2) is 118 Å². The van der Waals surface area contributed by atoms with Crippen molar-refractivity contribution in [3.8, 4) is 0 Å². The molecule has 0 aliphatic heterocycles. The molecule has 40 heavy (non-hydrogen) atoms. The Morgan fingerprint density at radius 1 is 0.700 bits per heavy atom. The predicted molar refractivity (Wildman–Crippen MR) is 154 cm³/mol. The Balaban J connectivity index is 0. The number of nitrogens with one attached hydrogen (secondary N) is 1. The second kappa shape index (κ2) is 26.5. The first kappa shape index (κ1) is 40.7. The van der Waals surface area contributed by atoms with Gasteiger partial charge in [-0.3, -0.25) is 0 Å². The van der Waals surface area contributed by atoms with Gasteiger partial charge in [0.2, 0.25) is 0 Å². The smallest absolute Gasteiger partial charge is 0.462 e. The number of hydrogen-bond donors (Lipinski definition) is 1. The molecule has 15 heteroatoms. The van der Waals surface area contributed by atoms with Crippen molar-refractivity contribution in [3.05, 3.63) is 12.2 Å². The van der Waals surface area contributed by atoms with Crippen LogP contribution in [-0.2, 0) is 50.3 Å². The summed E-state index contributed by atoms with van der Waals surface area (Å²) in [5.41, 5.74) is 0.397. The highest BCUT2D eigenvalue weighted by Crippen LogP contribution is 2.18. The summed E-state index contributed by atoms with van der Waals surface area (Å²) in [7, 11) is 1.10. The van der Waals surface area contributed by atoms with E-state index in [0.717, 1.165) is 0 Å². The van der Waals surface area contributed by atoms with E-state index in [9.17, 15) is 9.59 Å². The number of amides is 1. The van der Waals surface area contributed by atoms with Crippen molar-refractivity contribution in [2.24, 2.45) is 0 Å². The Hall–Kier alpha value is -1.41. The highest BCUT2D eigenvalue weighted by molar-refractivity contribution is 6.61. The highest BCUT2D eigenvalue weighted by Gasteiger charge is 2.39. The van der Waals surface area contributed by atoms with E-state index in [1.54, 1.807) is 35.4 Å². The molecule has 0 aliphatic carbocycles. The van der Waals surface area contributed by atoms with Gasteiger partial charge in [-0.25, -0.2) is 9.59 Å². The lowest BCUT2D eigenvalue weighted by Gasteiger charge is -2.28. The van der Waals surface area contributed by atoms with Crippen molar-refractivity contribution >= 4 is 29.7 Å². The average Bonchev–Trinajstić information content (AvgIpc) is 2.94. The number of hydrogen-bond acceptors (Lipinski definition) is 12.